The van der Waals surface area contributed by atoms with Gasteiger partial charge >= 0.3 is 0 Å². The Morgan fingerprint density at radius 3 is 3.00 bits per heavy atom. The Kier molecular flexibility index (Phi) is 5.22. The number of hydrogen-bond acceptors (Lipinski definition) is 5. The van der Waals surface area contributed by atoms with E-state index in [9.17, 15) is 9.59 Å². The normalized spacial score (nSPS) is 14.3. The molecule has 0 fully saturated rings. The number of hydrogen-bond donors (Lipinski definition) is 2. The maximum Gasteiger partial charge on any atom is 0.255 e. The molecular weight excluding hydrogens is 366 g/mol. The van der Waals surface area contributed by atoms with E-state index < -0.39 is 5.25 Å². The van der Waals surface area contributed by atoms with Crippen molar-refractivity contribution in [2.24, 2.45) is 0 Å². The van der Waals surface area contributed by atoms with Crippen LogP contribution in [0.25, 0.3) is 0 Å². The number of H-pyrrole nitrogens is 1. The van der Waals surface area contributed by atoms with E-state index in [0.29, 0.717) is 21.6 Å². The van der Waals surface area contributed by atoms with Crippen LogP contribution in [0.5, 0.6) is 0 Å². The Balaban J connectivity index is 1.69. The zero-order valence-electron chi connectivity index (χ0n) is 13.2. The van der Waals surface area contributed by atoms with Crippen LogP contribution in [0.15, 0.2) is 28.2 Å². The molecule has 0 radical (unpaired) electrons. The first-order valence-corrected chi connectivity index (χ1v) is 9.79. The van der Waals surface area contributed by atoms with Crippen molar-refractivity contribution in [1.82, 2.24) is 9.97 Å². The molecule has 0 saturated heterocycles. The number of rotatable bonds is 4. The van der Waals surface area contributed by atoms with Crippen LogP contribution < -0.4 is 10.9 Å². The van der Waals surface area contributed by atoms with E-state index in [1.165, 1.54) is 11.8 Å². The lowest BCUT2D eigenvalue weighted by atomic mass is 10.2. The fourth-order valence-corrected chi connectivity index (χ4v) is 4.26. The fraction of sp³-hybridized carbons (Fsp3) is 0.312. The summed E-state index contributed by atoms with van der Waals surface area (Å²) < 4.78 is 0. The zero-order chi connectivity index (χ0) is 17.3. The Morgan fingerprint density at radius 1 is 1.46 bits per heavy atom. The maximum absolute atomic E-state index is 12.3. The molecule has 1 aliphatic heterocycles. The fourth-order valence-electron chi connectivity index (χ4n) is 2.23. The predicted octanol–water partition coefficient (Wildman–Crippen LogP) is 3.60. The molecule has 126 valence electrons. The molecule has 8 heteroatoms. The van der Waals surface area contributed by atoms with Crippen LogP contribution in [0.4, 0.5) is 5.69 Å². The van der Waals surface area contributed by atoms with Gasteiger partial charge in [0, 0.05) is 27.8 Å². The average Bonchev–Trinajstić information content (AvgIpc) is 3.00. The van der Waals surface area contributed by atoms with Gasteiger partial charge in [-0.25, -0.2) is 4.98 Å². The number of aromatic amines is 1. The van der Waals surface area contributed by atoms with Crippen molar-refractivity contribution in [2.75, 3.05) is 5.32 Å². The number of halogens is 1. The highest BCUT2D eigenvalue weighted by Crippen LogP contribution is 2.28. The summed E-state index contributed by atoms with van der Waals surface area (Å²) in [5.41, 5.74) is 3.06. The quantitative estimate of drug-likeness (QED) is 0.625. The first kappa shape index (κ1) is 17.4. The van der Waals surface area contributed by atoms with Gasteiger partial charge in [0.25, 0.3) is 5.56 Å². The Hall–Kier alpha value is -1.44. The molecule has 1 unspecified atom stereocenters. The number of benzene rings is 1. The molecule has 2 N–H and O–H groups in total. The number of anilines is 1. The van der Waals surface area contributed by atoms with Gasteiger partial charge in [-0.2, -0.15) is 11.8 Å². The zero-order valence-corrected chi connectivity index (χ0v) is 15.6. The maximum atomic E-state index is 12.3. The molecular formula is C16H16ClN3O2S2. The van der Waals surface area contributed by atoms with Crippen molar-refractivity contribution in [3.05, 3.63) is 50.4 Å². The summed E-state index contributed by atoms with van der Waals surface area (Å²) in [6.45, 7) is 3.68. The summed E-state index contributed by atoms with van der Waals surface area (Å²) >= 11 is 8.98. The molecule has 24 heavy (non-hydrogen) atoms. The molecule has 2 aromatic rings. The van der Waals surface area contributed by atoms with E-state index in [1.54, 1.807) is 24.8 Å². The number of carbonyl (C=O) groups is 1. The minimum atomic E-state index is -0.402. The molecule has 0 aliphatic carbocycles. The second-order valence-electron chi connectivity index (χ2n) is 5.50. The Morgan fingerprint density at radius 2 is 2.25 bits per heavy atom. The highest BCUT2D eigenvalue weighted by atomic mass is 35.5. The van der Waals surface area contributed by atoms with Crippen LogP contribution in [-0.2, 0) is 16.3 Å². The molecule has 1 atom stereocenters. The molecule has 0 saturated carbocycles. The summed E-state index contributed by atoms with van der Waals surface area (Å²) in [4.78, 5) is 31.5. The molecule has 1 amide bonds. The monoisotopic (exact) mass is 381 g/mol. The molecule has 1 aliphatic rings. The van der Waals surface area contributed by atoms with Gasteiger partial charge in [0.15, 0.2) is 5.16 Å². The number of carbonyl (C=O) groups excluding carboxylic acids is 1. The van der Waals surface area contributed by atoms with Gasteiger partial charge in [-0.05, 0) is 31.5 Å². The second kappa shape index (κ2) is 7.21. The van der Waals surface area contributed by atoms with Crippen molar-refractivity contribution in [3.63, 3.8) is 0 Å². The van der Waals surface area contributed by atoms with Crippen LogP contribution in [0, 0.1) is 6.92 Å². The minimum Gasteiger partial charge on any atom is -0.325 e. The average molecular weight is 382 g/mol. The SMILES string of the molecule is Cc1ccc(NC(=O)C(C)Sc2nc3c(c(=O)[nH]2)CSC3)cc1Cl. The van der Waals surface area contributed by atoms with E-state index >= 15 is 0 Å². The van der Waals surface area contributed by atoms with Crippen LogP contribution in [0.3, 0.4) is 0 Å². The van der Waals surface area contributed by atoms with Crippen LogP contribution in [0.2, 0.25) is 5.02 Å². The lowest BCUT2D eigenvalue weighted by Gasteiger charge is -2.12. The summed E-state index contributed by atoms with van der Waals surface area (Å²) in [6, 6.07) is 5.38. The van der Waals surface area contributed by atoms with E-state index in [4.69, 9.17) is 11.6 Å². The van der Waals surface area contributed by atoms with Crippen molar-refractivity contribution in [1.29, 1.82) is 0 Å². The molecule has 1 aromatic carbocycles. The second-order valence-corrected chi connectivity index (χ2v) is 8.22. The summed E-state index contributed by atoms with van der Waals surface area (Å²) in [6.07, 6.45) is 0. The number of thioether (sulfide) groups is 2. The first-order chi connectivity index (χ1) is 11.4. The number of nitrogens with one attached hydrogen (secondary N) is 2. The third-order valence-corrected chi connectivity index (χ3v) is 6.02. The predicted molar refractivity (Wildman–Crippen MR) is 100.0 cm³/mol. The molecule has 0 bridgehead atoms. The molecule has 1 aromatic heterocycles. The number of fused-ring (bicyclic) bond motifs is 1. The summed E-state index contributed by atoms with van der Waals surface area (Å²) in [5.74, 6) is 1.28. The van der Waals surface area contributed by atoms with Gasteiger partial charge in [0.05, 0.1) is 10.9 Å². The molecule has 5 nitrogen and oxygen atoms in total. The number of amides is 1. The Labute approximate surface area is 153 Å². The van der Waals surface area contributed by atoms with E-state index in [0.717, 1.165) is 22.6 Å². The topological polar surface area (TPSA) is 74.8 Å². The summed E-state index contributed by atoms with van der Waals surface area (Å²) in [7, 11) is 0. The molecule has 3 rings (SSSR count). The minimum absolute atomic E-state index is 0.106. The van der Waals surface area contributed by atoms with Crippen molar-refractivity contribution in [2.45, 2.75) is 35.8 Å². The van der Waals surface area contributed by atoms with Gasteiger partial charge in [0.1, 0.15) is 0 Å². The van der Waals surface area contributed by atoms with Crippen molar-refractivity contribution >= 4 is 46.7 Å². The van der Waals surface area contributed by atoms with E-state index in [-0.39, 0.29) is 11.5 Å². The van der Waals surface area contributed by atoms with Gasteiger partial charge in [0.2, 0.25) is 5.91 Å². The van der Waals surface area contributed by atoms with Gasteiger partial charge in [-0.15, -0.1) is 0 Å². The lowest BCUT2D eigenvalue weighted by molar-refractivity contribution is -0.115. The van der Waals surface area contributed by atoms with Gasteiger partial charge in [-0.1, -0.05) is 29.4 Å². The number of aromatic nitrogens is 2. The third-order valence-electron chi connectivity index (χ3n) is 3.66. The highest BCUT2D eigenvalue weighted by Gasteiger charge is 2.21. The van der Waals surface area contributed by atoms with Crippen LogP contribution in [-0.4, -0.2) is 21.1 Å². The van der Waals surface area contributed by atoms with Crippen LogP contribution >= 0.6 is 35.1 Å². The number of aryl methyl sites for hydroxylation is 1. The van der Waals surface area contributed by atoms with Crippen molar-refractivity contribution < 1.29 is 4.79 Å². The van der Waals surface area contributed by atoms with E-state index in [2.05, 4.69) is 15.3 Å². The largest absolute Gasteiger partial charge is 0.325 e. The van der Waals surface area contributed by atoms with Gasteiger partial charge in [-0.3, -0.25) is 9.59 Å². The van der Waals surface area contributed by atoms with Crippen molar-refractivity contribution in [3.8, 4) is 0 Å². The lowest BCUT2D eigenvalue weighted by Crippen LogP contribution is -2.23. The Bertz CT molecular complexity index is 854. The van der Waals surface area contributed by atoms with Gasteiger partial charge < -0.3 is 10.3 Å². The summed E-state index contributed by atoms with van der Waals surface area (Å²) in [5, 5.41) is 3.51. The molecule has 2 heterocycles. The highest BCUT2D eigenvalue weighted by molar-refractivity contribution is 8.00. The standard InChI is InChI=1S/C16H16ClN3O2S2/c1-8-3-4-10(5-12(8)17)18-14(21)9(2)24-16-19-13-7-23-6-11(13)15(22)20-16/h3-5,9H,6-7H2,1-2H3,(H,18,21)(H,19,20,22). The smallest absolute Gasteiger partial charge is 0.255 e. The van der Waals surface area contributed by atoms with Crippen LogP contribution in [0.1, 0.15) is 23.7 Å². The third kappa shape index (κ3) is 3.79. The number of nitrogens with zero attached hydrogens (tertiary/aromatic N) is 1. The van der Waals surface area contributed by atoms with E-state index in [1.807, 2.05) is 19.1 Å². The molecule has 0 spiro atoms. The first-order valence-electron chi connectivity index (χ1n) is 7.37.